The average Bonchev–Trinajstić information content (AvgIpc) is 3.08. The third-order valence-corrected chi connectivity index (χ3v) is 7.82. The number of phenols is 2. The molecule has 0 bridgehead atoms. The molecule has 0 amide bonds. The molecule has 48 heavy (non-hydrogen) atoms. The van der Waals surface area contributed by atoms with Crippen LogP contribution in [0.2, 0.25) is 0 Å². The minimum absolute atomic E-state index is 0.182. The summed E-state index contributed by atoms with van der Waals surface area (Å²) in [6.45, 7) is 4.34. The molecule has 0 aromatic heterocycles. The molecule has 0 atom stereocenters. The normalized spacial score (nSPS) is 11.1. The summed E-state index contributed by atoms with van der Waals surface area (Å²) in [6, 6.07) is 21.4. The van der Waals surface area contributed by atoms with E-state index in [-0.39, 0.29) is 18.3 Å². The van der Waals surface area contributed by atoms with Crippen molar-refractivity contribution < 1.29 is 42.7 Å². The van der Waals surface area contributed by atoms with Crippen LogP contribution in [0.15, 0.2) is 78.9 Å². The predicted molar refractivity (Wildman–Crippen MR) is 181 cm³/mol. The molecule has 7 nitrogen and oxygen atoms in total. The lowest BCUT2D eigenvalue weighted by atomic mass is 9.99. The maximum atomic E-state index is 14.1. The van der Waals surface area contributed by atoms with Crippen molar-refractivity contribution in [3.63, 3.8) is 0 Å². The quantitative estimate of drug-likeness (QED) is 0.0555. The van der Waals surface area contributed by atoms with Crippen molar-refractivity contribution >= 4 is 5.97 Å². The number of ether oxygens (including phenoxy) is 4. The molecule has 0 fully saturated rings. The maximum Gasteiger partial charge on any atom is 0.311 e. The highest BCUT2D eigenvalue weighted by atomic mass is 19.1. The zero-order chi connectivity index (χ0) is 34.1. The molecular formula is C39H44F2O7. The number of phenolic OH excluding ortho intramolecular Hbond substituents is 2. The Bertz CT molecular complexity index is 1590. The smallest absolute Gasteiger partial charge is 0.311 e. The number of esters is 1. The van der Waals surface area contributed by atoms with Crippen molar-refractivity contribution in [1.29, 1.82) is 0 Å². The van der Waals surface area contributed by atoms with E-state index >= 15 is 0 Å². The average molecular weight is 663 g/mol. The van der Waals surface area contributed by atoms with Crippen LogP contribution in [0.3, 0.4) is 0 Å². The number of benzene rings is 4. The SMILES string of the molecule is CCCCCCCC(=O)Oc1ccc(-c2ccc(O)c(F)c2)c(COCCOCCOCCc2ccc(-c3ccc(F)c(O)c3)cc2)c1. The number of carbonyl (C=O) groups excluding carboxylic acids is 1. The number of aromatic hydroxyl groups is 2. The van der Waals surface area contributed by atoms with E-state index in [2.05, 4.69) is 6.92 Å². The zero-order valence-corrected chi connectivity index (χ0v) is 27.4. The second kappa shape index (κ2) is 19.5. The standard InChI is InChI=1S/C39H44F2O7/c1-2-3-4-5-6-7-39(44)48-33-14-15-34(31-13-17-37(42)36(41)25-31)32(24-33)27-47-23-22-46-21-20-45-19-18-28-8-10-29(11-9-28)30-12-16-35(40)38(43)26-30/h8-17,24-26,42-43H,2-7,18-23,27H2,1H3. The largest absolute Gasteiger partial charge is 0.505 e. The number of unbranched alkanes of at least 4 members (excludes halogenated alkanes) is 4. The van der Waals surface area contributed by atoms with Crippen LogP contribution in [0, 0.1) is 11.6 Å². The van der Waals surface area contributed by atoms with Gasteiger partial charge in [0.15, 0.2) is 23.1 Å². The molecule has 0 heterocycles. The van der Waals surface area contributed by atoms with Crippen LogP contribution >= 0.6 is 0 Å². The Morgan fingerprint density at radius 2 is 1.33 bits per heavy atom. The second-order valence-corrected chi connectivity index (χ2v) is 11.5. The summed E-state index contributed by atoms with van der Waals surface area (Å²) in [4.78, 5) is 12.4. The summed E-state index contributed by atoms with van der Waals surface area (Å²) in [5.74, 6) is -2.07. The van der Waals surface area contributed by atoms with E-state index in [0.29, 0.717) is 61.9 Å². The van der Waals surface area contributed by atoms with Crippen molar-refractivity contribution in [3.05, 3.63) is 102 Å². The van der Waals surface area contributed by atoms with Gasteiger partial charge in [-0.05, 0) is 82.6 Å². The van der Waals surface area contributed by atoms with Gasteiger partial charge in [-0.15, -0.1) is 0 Å². The molecule has 0 aliphatic rings. The molecule has 0 spiro atoms. The Balaban J connectivity index is 1.17. The van der Waals surface area contributed by atoms with Crippen LogP contribution in [0.25, 0.3) is 22.3 Å². The van der Waals surface area contributed by atoms with Gasteiger partial charge in [-0.1, -0.05) is 75.1 Å². The molecule has 0 aliphatic carbocycles. The first-order chi connectivity index (χ1) is 23.3. The molecule has 0 unspecified atom stereocenters. The molecule has 0 radical (unpaired) electrons. The van der Waals surface area contributed by atoms with Gasteiger partial charge < -0.3 is 29.2 Å². The highest BCUT2D eigenvalue weighted by Crippen LogP contribution is 2.31. The Kier molecular flexibility index (Phi) is 14.8. The number of carbonyl (C=O) groups is 1. The van der Waals surface area contributed by atoms with Gasteiger partial charge >= 0.3 is 5.97 Å². The lowest BCUT2D eigenvalue weighted by molar-refractivity contribution is -0.134. The van der Waals surface area contributed by atoms with Crippen molar-refractivity contribution in [1.82, 2.24) is 0 Å². The fraction of sp³-hybridized carbons (Fsp3) is 0.359. The van der Waals surface area contributed by atoms with Crippen molar-refractivity contribution in [2.24, 2.45) is 0 Å². The van der Waals surface area contributed by atoms with Crippen LogP contribution < -0.4 is 4.74 Å². The molecule has 0 aliphatic heterocycles. The predicted octanol–water partition coefficient (Wildman–Crippen LogP) is 8.77. The fourth-order valence-electron chi connectivity index (χ4n) is 5.13. The first-order valence-electron chi connectivity index (χ1n) is 16.5. The van der Waals surface area contributed by atoms with E-state index in [9.17, 15) is 23.8 Å². The van der Waals surface area contributed by atoms with Gasteiger partial charge in [0.1, 0.15) is 5.75 Å². The molecule has 256 valence electrons. The van der Waals surface area contributed by atoms with Crippen molar-refractivity contribution in [3.8, 4) is 39.5 Å². The molecule has 4 aromatic rings. The van der Waals surface area contributed by atoms with E-state index in [1.165, 1.54) is 24.3 Å². The number of hydrogen-bond donors (Lipinski definition) is 2. The first-order valence-corrected chi connectivity index (χ1v) is 16.5. The lowest BCUT2D eigenvalue weighted by Crippen LogP contribution is -2.11. The van der Waals surface area contributed by atoms with Crippen LogP contribution in [0.1, 0.15) is 56.6 Å². The molecular weight excluding hydrogens is 618 g/mol. The third kappa shape index (κ3) is 11.7. The van der Waals surface area contributed by atoms with Gasteiger partial charge in [0.25, 0.3) is 0 Å². The van der Waals surface area contributed by atoms with Crippen LogP contribution in [0.4, 0.5) is 8.78 Å². The van der Waals surface area contributed by atoms with Gasteiger partial charge in [0.05, 0.1) is 39.6 Å². The Hall–Kier alpha value is -4.31. The van der Waals surface area contributed by atoms with E-state index in [4.69, 9.17) is 18.9 Å². The summed E-state index contributed by atoms with van der Waals surface area (Å²) >= 11 is 0. The Labute approximate surface area is 281 Å². The van der Waals surface area contributed by atoms with Gasteiger partial charge in [-0.25, -0.2) is 8.78 Å². The highest BCUT2D eigenvalue weighted by Gasteiger charge is 2.13. The van der Waals surface area contributed by atoms with Crippen LogP contribution in [-0.4, -0.2) is 49.2 Å². The maximum absolute atomic E-state index is 14.1. The van der Waals surface area contributed by atoms with E-state index in [0.717, 1.165) is 55.2 Å². The minimum Gasteiger partial charge on any atom is -0.505 e. The zero-order valence-electron chi connectivity index (χ0n) is 27.4. The highest BCUT2D eigenvalue weighted by molar-refractivity contribution is 5.74. The molecule has 9 heteroatoms. The van der Waals surface area contributed by atoms with E-state index < -0.39 is 17.4 Å². The van der Waals surface area contributed by atoms with Crippen molar-refractivity contribution in [2.75, 3.05) is 33.0 Å². The Morgan fingerprint density at radius 1 is 0.646 bits per heavy atom. The van der Waals surface area contributed by atoms with Gasteiger partial charge in [0, 0.05) is 6.42 Å². The molecule has 4 rings (SSSR count). The second-order valence-electron chi connectivity index (χ2n) is 11.5. The number of halogens is 2. The van der Waals surface area contributed by atoms with Gasteiger partial charge in [0.2, 0.25) is 0 Å². The summed E-state index contributed by atoms with van der Waals surface area (Å²) in [7, 11) is 0. The first kappa shape index (κ1) is 36.5. The summed E-state index contributed by atoms with van der Waals surface area (Å²) in [5, 5.41) is 19.2. The number of rotatable bonds is 20. The fourth-order valence-corrected chi connectivity index (χ4v) is 5.13. The molecule has 0 saturated carbocycles. The molecule has 4 aromatic carbocycles. The topological polar surface area (TPSA) is 94.5 Å². The van der Waals surface area contributed by atoms with Gasteiger partial charge in [-0.2, -0.15) is 0 Å². The van der Waals surface area contributed by atoms with E-state index in [1.807, 2.05) is 24.3 Å². The summed E-state index contributed by atoms with van der Waals surface area (Å²) in [6.07, 6.45) is 6.24. The van der Waals surface area contributed by atoms with Gasteiger partial charge in [-0.3, -0.25) is 4.79 Å². The summed E-state index contributed by atoms with van der Waals surface area (Å²) < 4.78 is 50.2. The lowest BCUT2D eigenvalue weighted by Gasteiger charge is -2.14. The monoisotopic (exact) mass is 662 g/mol. The third-order valence-electron chi connectivity index (χ3n) is 7.82. The van der Waals surface area contributed by atoms with Crippen LogP contribution in [0.5, 0.6) is 17.2 Å². The molecule has 2 N–H and O–H groups in total. The van der Waals surface area contributed by atoms with Crippen molar-refractivity contribution in [2.45, 2.75) is 58.5 Å². The number of hydrogen-bond acceptors (Lipinski definition) is 7. The Morgan fingerprint density at radius 3 is 2.06 bits per heavy atom. The summed E-state index contributed by atoms with van der Waals surface area (Å²) in [5.41, 5.74) is 4.69. The molecule has 0 saturated heterocycles. The van der Waals surface area contributed by atoms with Crippen LogP contribution in [-0.2, 0) is 32.0 Å². The minimum atomic E-state index is -0.727. The van der Waals surface area contributed by atoms with E-state index in [1.54, 1.807) is 30.3 Å².